The molecule has 3 saturated carbocycles. The van der Waals surface area contributed by atoms with Gasteiger partial charge in [0.2, 0.25) is 0 Å². The molecule has 0 aromatic heterocycles. The predicted molar refractivity (Wildman–Crippen MR) is 123 cm³/mol. The van der Waals surface area contributed by atoms with Gasteiger partial charge in [-0.3, -0.25) is 4.79 Å². The average molecular weight is 447 g/mol. The molecule has 0 bridgehead atoms. The minimum Gasteiger partial charge on any atom is -0.426 e. The van der Waals surface area contributed by atoms with Gasteiger partial charge in [0.15, 0.2) is 0 Å². The summed E-state index contributed by atoms with van der Waals surface area (Å²) in [5.74, 6) is 1.85. The van der Waals surface area contributed by atoms with Crippen LogP contribution in [0.25, 0.3) is 0 Å². The van der Waals surface area contributed by atoms with E-state index in [9.17, 15) is 13.6 Å². The zero-order valence-corrected chi connectivity index (χ0v) is 19.9. The number of hydrogen-bond donors (Lipinski definition) is 0. The molecule has 0 saturated heterocycles. The number of ether oxygens (including phenoxy) is 1. The van der Waals surface area contributed by atoms with Crippen LogP contribution in [0.1, 0.15) is 96.0 Å². The number of fused-ring (bicyclic) bond motifs is 1. The Morgan fingerprint density at radius 1 is 0.938 bits per heavy atom. The van der Waals surface area contributed by atoms with Crippen LogP contribution in [0.2, 0.25) is 0 Å². The maximum Gasteiger partial charge on any atom is 0.314 e. The maximum absolute atomic E-state index is 13.9. The van der Waals surface area contributed by atoms with Crippen LogP contribution < -0.4 is 4.74 Å². The van der Waals surface area contributed by atoms with Crippen molar-refractivity contribution in [3.05, 3.63) is 29.3 Å². The Hall–Kier alpha value is -1.45. The molecule has 178 valence electrons. The van der Waals surface area contributed by atoms with Gasteiger partial charge < -0.3 is 4.74 Å². The van der Waals surface area contributed by atoms with Crippen molar-refractivity contribution in [2.45, 2.75) is 97.3 Å². The molecule has 0 heterocycles. The van der Waals surface area contributed by atoms with Crippen LogP contribution in [0.4, 0.5) is 8.78 Å². The zero-order chi connectivity index (χ0) is 22.7. The minimum atomic E-state index is -0.667. The molecule has 0 amide bonds. The van der Waals surface area contributed by atoms with E-state index in [1.54, 1.807) is 0 Å². The number of halogens is 2. The van der Waals surface area contributed by atoms with Gasteiger partial charge in [0.1, 0.15) is 17.4 Å². The zero-order valence-electron chi connectivity index (χ0n) is 19.9. The Kier molecular flexibility index (Phi) is 7.89. The summed E-state index contributed by atoms with van der Waals surface area (Å²) < 4.78 is 33.2. The highest BCUT2D eigenvalue weighted by Gasteiger charge is 2.43. The second kappa shape index (κ2) is 10.7. The first-order valence-electron chi connectivity index (χ1n) is 13.1. The van der Waals surface area contributed by atoms with Gasteiger partial charge in [0.05, 0.1) is 5.92 Å². The largest absolute Gasteiger partial charge is 0.426 e. The first kappa shape index (κ1) is 23.7. The third-order valence-electron chi connectivity index (χ3n) is 8.99. The monoisotopic (exact) mass is 446 g/mol. The first-order chi connectivity index (χ1) is 15.5. The molecule has 0 aliphatic heterocycles. The van der Waals surface area contributed by atoms with Gasteiger partial charge in [-0.25, -0.2) is 8.78 Å². The van der Waals surface area contributed by atoms with E-state index in [0.717, 1.165) is 49.1 Å². The van der Waals surface area contributed by atoms with Crippen molar-refractivity contribution < 1.29 is 18.3 Å². The van der Waals surface area contributed by atoms with Crippen molar-refractivity contribution in [1.82, 2.24) is 0 Å². The van der Waals surface area contributed by atoms with Gasteiger partial charge in [-0.2, -0.15) is 0 Å². The highest BCUT2D eigenvalue weighted by Crippen LogP contribution is 2.50. The van der Waals surface area contributed by atoms with Gasteiger partial charge >= 0.3 is 5.97 Å². The molecule has 3 aliphatic carbocycles. The third kappa shape index (κ3) is 5.37. The fourth-order valence-corrected chi connectivity index (χ4v) is 7.03. The van der Waals surface area contributed by atoms with E-state index < -0.39 is 11.6 Å². The molecule has 1 aromatic rings. The predicted octanol–water partition coefficient (Wildman–Crippen LogP) is 8.01. The highest BCUT2D eigenvalue weighted by molar-refractivity contribution is 5.75. The lowest BCUT2D eigenvalue weighted by atomic mass is 9.59. The normalized spacial score (nSPS) is 32.9. The fraction of sp³-hybridized carbons (Fsp3) is 0.750. The van der Waals surface area contributed by atoms with Crippen molar-refractivity contribution >= 4 is 5.97 Å². The molecule has 32 heavy (non-hydrogen) atoms. The van der Waals surface area contributed by atoms with Crippen molar-refractivity contribution in [3.63, 3.8) is 0 Å². The van der Waals surface area contributed by atoms with E-state index in [4.69, 9.17) is 4.74 Å². The van der Waals surface area contributed by atoms with Gasteiger partial charge in [-0.1, -0.05) is 51.9 Å². The Morgan fingerprint density at radius 2 is 1.62 bits per heavy atom. The Balaban J connectivity index is 1.32. The summed E-state index contributed by atoms with van der Waals surface area (Å²) in [5.41, 5.74) is -0.0414. The summed E-state index contributed by atoms with van der Waals surface area (Å²) in [4.78, 5) is 13.0. The SMILES string of the molecule is CCCCC1CCC(C2CCC3C(CCCC3C(=O)Oc3cc(F)c(C)c(F)c3)C2)CC1. The van der Waals surface area contributed by atoms with Crippen LogP contribution in [0.5, 0.6) is 5.75 Å². The van der Waals surface area contributed by atoms with Gasteiger partial charge in [-0.15, -0.1) is 0 Å². The molecule has 4 rings (SSSR count). The number of hydrogen-bond acceptors (Lipinski definition) is 2. The van der Waals surface area contributed by atoms with Crippen LogP contribution in [0.3, 0.4) is 0 Å². The molecule has 2 nitrogen and oxygen atoms in total. The lowest BCUT2D eigenvalue weighted by Crippen LogP contribution is -2.40. The van der Waals surface area contributed by atoms with E-state index in [2.05, 4.69) is 6.92 Å². The van der Waals surface area contributed by atoms with E-state index in [1.807, 2.05) is 0 Å². The molecule has 4 unspecified atom stereocenters. The quantitative estimate of drug-likeness (QED) is 0.327. The second-order valence-corrected chi connectivity index (χ2v) is 10.9. The minimum absolute atomic E-state index is 0.00811. The summed E-state index contributed by atoms with van der Waals surface area (Å²) in [5, 5.41) is 0. The van der Waals surface area contributed by atoms with E-state index >= 15 is 0 Å². The summed E-state index contributed by atoms with van der Waals surface area (Å²) in [7, 11) is 0. The first-order valence-corrected chi connectivity index (χ1v) is 13.1. The molecule has 0 spiro atoms. The lowest BCUT2D eigenvalue weighted by molar-refractivity contribution is -0.144. The Morgan fingerprint density at radius 3 is 2.31 bits per heavy atom. The van der Waals surface area contributed by atoms with E-state index in [0.29, 0.717) is 11.8 Å². The van der Waals surface area contributed by atoms with Gasteiger partial charge in [0.25, 0.3) is 0 Å². The molecule has 3 aliphatic rings. The molecule has 4 atom stereocenters. The van der Waals surface area contributed by atoms with Gasteiger partial charge in [-0.05, 0) is 75.0 Å². The standard InChI is InChI=1S/C28H40F2O2/c1-3-4-6-19-9-11-20(12-10-19)21-13-14-24-22(15-21)7-5-8-25(24)28(31)32-23-16-26(29)18(2)27(30)17-23/h16-17,19-22,24-25H,3-15H2,1-2H3. The molecule has 0 N–H and O–H groups in total. The molecule has 0 radical (unpaired) electrons. The Bertz CT molecular complexity index is 761. The van der Waals surface area contributed by atoms with E-state index in [1.165, 1.54) is 71.1 Å². The van der Waals surface area contributed by atoms with E-state index in [-0.39, 0.29) is 23.2 Å². The van der Waals surface area contributed by atoms with Crippen LogP contribution in [0.15, 0.2) is 12.1 Å². The molecule has 1 aromatic carbocycles. The maximum atomic E-state index is 13.9. The number of carbonyl (C=O) groups excluding carboxylic acids is 1. The molecular weight excluding hydrogens is 406 g/mol. The van der Waals surface area contributed by atoms with Crippen molar-refractivity contribution in [2.75, 3.05) is 0 Å². The second-order valence-electron chi connectivity index (χ2n) is 10.9. The lowest BCUT2D eigenvalue weighted by Gasteiger charge is -2.46. The smallest absolute Gasteiger partial charge is 0.314 e. The van der Waals surface area contributed by atoms with Crippen LogP contribution >= 0.6 is 0 Å². The summed E-state index contributed by atoms with van der Waals surface area (Å²) in [6, 6.07) is 2.26. The average Bonchev–Trinajstić information content (AvgIpc) is 2.80. The van der Waals surface area contributed by atoms with Crippen LogP contribution in [0, 0.1) is 54.1 Å². The number of esters is 1. The summed E-state index contributed by atoms with van der Waals surface area (Å²) >= 11 is 0. The van der Waals surface area contributed by atoms with Crippen molar-refractivity contribution in [3.8, 4) is 5.75 Å². The van der Waals surface area contributed by atoms with Crippen LogP contribution in [-0.2, 0) is 4.79 Å². The van der Waals surface area contributed by atoms with Crippen molar-refractivity contribution in [1.29, 1.82) is 0 Å². The highest BCUT2D eigenvalue weighted by atomic mass is 19.1. The number of rotatable bonds is 6. The molecular formula is C28H40F2O2. The summed E-state index contributed by atoms with van der Waals surface area (Å²) in [6.07, 6.45) is 16.4. The van der Waals surface area contributed by atoms with Crippen LogP contribution in [-0.4, -0.2) is 5.97 Å². The number of benzene rings is 1. The fourth-order valence-electron chi connectivity index (χ4n) is 7.03. The Labute approximate surface area is 192 Å². The van der Waals surface area contributed by atoms with Gasteiger partial charge in [0, 0.05) is 17.7 Å². The molecule has 4 heteroatoms. The summed E-state index contributed by atoms with van der Waals surface area (Å²) in [6.45, 7) is 3.67. The van der Waals surface area contributed by atoms with Crippen molar-refractivity contribution in [2.24, 2.45) is 35.5 Å². The third-order valence-corrected chi connectivity index (χ3v) is 8.99. The number of carbonyl (C=O) groups is 1. The molecule has 3 fully saturated rings. The topological polar surface area (TPSA) is 26.3 Å². The number of unbranched alkanes of at least 4 members (excludes halogenated alkanes) is 1.